The highest BCUT2D eigenvalue weighted by atomic mass is 32.1. The third-order valence-electron chi connectivity index (χ3n) is 2.86. The monoisotopic (exact) mass is 254 g/mol. The Hall–Kier alpha value is -1.01. The molecular weight excluding hydrogens is 236 g/mol. The molecule has 1 atom stereocenters. The fourth-order valence-corrected chi connectivity index (χ4v) is 2.61. The average Bonchev–Trinajstić information content (AvgIpc) is 2.86. The number of nitrogens with one attached hydrogen (secondary N) is 1. The average molecular weight is 254 g/mol. The number of likely N-dealkylation sites (tertiary alicyclic amines) is 1. The fraction of sp³-hybridized carbons (Fsp3) is 0.727. The van der Waals surface area contributed by atoms with Gasteiger partial charge in [-0.1, -0.05) is 25.2 Å². The molecule has 5 nitrogen and oxygen atoms in total. The number of amides is 1. The minimum Gasteiger partial charge on any atom is -0.346 e. The summed E-state index contributed by atoms with van der Waals surface area (Å²) in [6.45, 7) is 6.06. The lowest BCUT2D eigenvalue weighted by molar-refractivity contribution is 0.0937. The van der Waals surface area contributed by atoms with Gasteiger partial charge in [0.05, 0.1) is 0 Å². The Morgan fingerprint density at radius 3 is 2.82 bits per heavy atom. The quantitative estimate of drug-likeness (QED) is 0.877. The molecule has 1 aliphatic rings. The molecule has 0 saturated carbocycles. The Morgan fingerprint density at radius 2 is 2.29 bits per heavy atom. The van der Waals surface area contributed by atoms with Crippen LogP contribution < -0.4 is 5.32 Å². The van der Waals surface area contributed by atoms with Crippen LogP contribution in [0.4, 0.5) is 0 Å². The lowest BCUT2D eigenvalue weighted by atomic mass is 10.2. The van der Waals surface area contributed by atoms with Crippen LogP contribution in [0.5, 0.6) is 0 Å². The predicted molar refractivity (Wildman–Crippen MR) is 67.4 cm³/mol. The summed E-state index contributed by atoms with van der Waals surface area (Å²) in [5.41, 5.74) is 0. The molecule has 2 heterocycles. The maximum absolute atomic E-state index is 11.9. The third-order valence-corrected chi connectivity index (χ3v) is 4.08. The first-order valence-electron chi connectivity index (χ1n) is 5.89. The number of rotatable bonds is 3. The van der Waals surface area contributed by atoms with Crippen molar-refractivity contribution in [3.8, 4) is 0 Å². The lowest BCUT2D eigenvalue weighted by Gasteiger charge is -2.11. The van der Waals surface area contributed by atoms with Crippen LogP contribution in [0.1, 0.15) is 41.0 Å². The zero-order chi connectivity index (χ0) is 12.4. The van der Waals surface area contributed by atoms with Crippen LogP contribution in [-0.4, -0.2) is 47.2 Å². The molecule has 2 rings (SSSR count). The molecule has 0 aromatic carbocycles. The Morgan fingerprint density at radius 1 is 1.53 bits per heavy atom. The maximum Gasteiger partial charge on any atom is 0.282 e. The van der Waals surface area contributed by atoms with Crippen LogP contribution in [0.2, 0.25) is 0 Å². The zero-order valence-corrected chi connectivity index (χ0v) is 11.3. The van der Waals surface area contributed by atoms with Crippen molar-refractivity contribution >= 4 is 17.2 Å². The lowest BCUT2D eigenvalue weighted by Crippen LogP contribution is -2.36. The summed E-state index contributed by atoms with van der Waals surface area (Å²) in [6, 6.07) is 0.249. The van der Waals surface area contributed by atoms with Crippen LogP contribution in [-0.2, 0) is 0 Å². The van der Waals surface area contributed by atoms with Gasteiger partial charge in [-0.3, -0.25) is 4.79 Å². The summed E-state index contributed by atoms with van der Waals surface area (Å²) in [5, 5.41) is 12.4. The van der Waals surface area contributed by atoms with Crippen molar-refractivity contribution in [1.82, 2.24) is 20.4 Å². The van der Waals surface area contributed by atoms with Crippen molar-refractivity contribution in [1.29, 1.82) is 0 Å². The third kappa shape index (κ3) is 3.01. The number of nitrogens with zero attached hydrogens (tertiary/aromatic N) is 3. The van der Waals surface area contributed by atoms with Crippen molar-refractivity contribution in [3.63, 3.8) is 0 Å². The SMILES string of the molecule is CC(C)c1nnc(C(=O)NC2CCN(C)C2)s1. The standard InChI is InChI=1S/C11H18N4OS/c1-7(2)10-13-14-11(17-10)9(16)12-8-4-5-15(3)6-8/h7-8H,4-6H2,1-3H3,(H,12,16). The van der Waals surface area contributed by atoms with E-state index in [2.05, 4.69) is 27.5 Å². The molecule has 0 bridgehead atoms. The maximum atomic E-state index is 11.9. The number of likely N-dealkylation sites (N-methyl/N-ethyl adjacent to an activating group) is 1. The number of hydrogen-bond acceptors (Lipinski definition) is 5. The molecule has 1 amide bonds. The molecule has 1 aromatic heterocycles. The minimum absolute atomic E-state index is 0.0882. The van der Waals surface area contributed by atoms with E-state index in [-0.39, 0.29) is 11.9 Å². The highest BCUT2D eigenvalue weighted by Crippen LogP contribution is 2.19. The Balaban J connectivity index is 1.95. The Bertz CT molecular complexity index is 404. The van der Waals surface area contributed by atoms with Gasteiger partial charge in [0, 0.05) is 18.5 Å². The second kappa shape index (κ2) is 5.10. The number of carbonyl (C=O) groups excluding carboxylic acids is 1. The molecule has 1 aliphatic heterocycles. The second-order valence-electron chi connectivity index (χ2n) is 4.82. The summed E-state index contributed by atoms with van der Waals surface area (Å²) < 4.78 is 0. The molecule has 1 N–H and O–H groups in total. The highest BCUT2D eigenvalue weighted by molar-refractivity contribution is 7.13. The van der Waals surface area contributed by atoms with Crippen molar-refractivity contribution in [2.24, 2.45) is 0 Å². The molecule has 1 aromatic rings. The smallest absolute Gasteiger partial charge is 0.282 e. The first kappa shape index (κ1) is 12.4. The van der Waals surface area contributed by atoms with E-state index in [1.54, 1.807) is 0 Å². The molecule has 0 spiro atoms. The minimum atomic E-state index is -0.0882. The summed E-state index contributed by atoms with van der Waals surface area (Å²) in [4.78, 5) is 14.1. The molecule has 0 radical (unpaired) electrons. The van der Waals surface area contributed by atoms with E-state index in [1.807, 2.05) is 13.8 Å². The van der Waals surface area contributed by atoms with Crippen molar-refractivity contribution in [3.05, 3.63) is 10.0 Å². The molecule has 17 heavy (non-hydrogen) atoms. The van der Waals surface area contributed by atoms with E-state index in [0.29, 0.717) is 10.9 Å². The van der Waals surface area contributed by atoms with Crippen LogP contribution in [0.3, 0.4) is 0 Å². The molecular formula is C11H18N4OS. The van der Waals surface area contributed by atoms with Crippen molar-refractivity contribution in [2.75, 3.05) is 20.1 Å². The van der Waals surface area contributed by atoms with Gasteiger partial charge in [-0.15, -0.1) is 10.2 Å². The largest absolute Gasteiger partial charge is 0.346 e. The van der Waals surface area contributed by atoms with Crippen LogP contribution in [0.15, 0.2) is 0 Å². The van der Waals surface area contributed by atoms with Crippen molar-refractivity contribution in [2.45, 2.75) is 32.2 Å². The van der Waals surface area contributed by atoms with Crippen LogP contribution in [0, 0.1) is 0 Å². The molecule has 0 aliphatic carbocycles. The van der Waals surface area contributed by atoms with Gasteiger partial charge >= 0.3 is 0 Å². The van der Waals surface area contributed by atoms with Crippen LogP contribution in [0.25, 0.3) is 0 Å². The van der Waals surface area contributed by atoms with Gasteiger partial charge in [0.25, 0.3) is 5.91 Å². The van der Waals surface area contributed by atoms with E-state index in [4.69, 9.17) is 0 Å². The van der Waals surface area contributed by atoms with Gasteiger partial charge in [-0.05, 0) is 20.0 Å². The topological polar surface area (TPSA) is 58.1 Å². The van der Waals surface area contributed by atoms with Gasteiger partial charge in [0.15, 0.2) is 0 Å². The van der Waals surface area contributed by atoms with Crippen LogP contribution >= 0.6 is 11.3 Å². The molecule has 94 valence electrons. The number of carbonyl (C=O) groups is 1. The molecule has 6 heteroatoms. The summed E-state index contributed by atoms with van der Waals surface area (Å²) >= 11 is 1.39. The van der Waals surface area contributed by atoms with Gasteiger partial charge in [0.1, 0.15) is 5.01 Å². The highest BCUT2D eigenvalue weighted by Gasteiger charge is 2.23. The Kier molecular flexibility index (Phi) is 3.73. The number of hydrogen-bond donors (Lipinski definition) is 1. The first-order valence-corrected chi connectivity index (χ1v) is 6.70. The van der Waals surface area contributed by atoms with E-state index in [9.17, 15) is 4.79 Å². The summed E-state index contributed by atoms with van der Waals surface area (Å²) in [7, 11) is 2.06. The van der Waals surface area contributed by atoms with E-state index >= 15 is 0 Å². The second-order valence-corrected chi connectivity index (χ2v) is 5.83. The normalized spacial score (nSPS) is 21.1. The molecule has 1 saturated heterocycles. The summed E-state index contributed by atoms with van der Waals surface area (Å²) in [5.74, 6) is 0.237. The fourth-order valence-electron chi connectivity index (χ4n) is 1.86. The zero-order valence-electron chi connectivity index (χ0n) is 10.4. The Labute approximate surface area is 105 Å². The van der Waals surface area contributed by atoms with Gasteiger partial charge in [-0.2, -0.15) is 0 Å². The van der Waals surface area contributed by atoms with E-state index in [1.165, 1.54) is 11.3 Å². The van der Waals surface area contributed by atoms with Gasteiger partial charge < -0.3 is 10.2 Å². The van der Waals surface area contributed by atoms with Crippen molar-refractivity contribution < 1.29 is 4.79 Å². The van der Waals surface area contributed by atoms with Gasteiger partial charge in [0.2, 0.25) is 5.01 Å². The first-order chi connectivity index (χ1) is 8.06. The predicted octanol–water partition coefficient (Wildman–Crippen LogP) is 1.10. The molecule has 1 fully saturated rings. The van der Waals surface area contributed by atoms with E-state index < -0.39 is 0 Å². The van der Waals surface area contributed by atoms with E-state index in [0.717, 1.165) is 24.5 Å². The number of aromatic nitrogens is 2. The molecule has 1 unspecified atom stereocenters. The van der Waals surface area contributed by atoms with Gasteiger partial charge in [-0.25, -0.2) is 0 Å². The summed E-state index contributed by atoms with van der Waals surface area (Å²) in [6.07, 6.45) is 1.01.